The van der Waals surface area contributed by atoms with Gasteiger partial charge in [-0.3, -0.25) is 10.1 Å². The molecule has 1 fully saturated rings. The van der Waals surface area contributed by atoms with Gasteiger partial charge in [-0.05, 0) is 33.9 Å². The summed E-state index contributed by atoms with van der Waals surface area (Å²) >= 11 is 3.23. The van der Waals surface area contributed by atoms with Crippen LogP contribution in [0.5, 0.6) is 0 Å². The van der Waals surface area contributed by atoms with Crippen molar-refractivity contribution in [3.63, 3.8) is 0 Å². The molecule has 3 rings (SSSR count). The molecule has 0 spiro atoms. The lowest BCUT2D eigenvalue weighted by atomic mass is 9.98. The van der Waals surface area contributed by atoms with Gasteiger partial charge in [0.15, 0.2) is 0 Å². The van der Waals surface area contributed by atoms with Gasteiger partial charge in [0.1, 0.15) is 0 Å². The predicted octanol–water partition coefficient (Wildman–Crippen LogP) is 2.59. The van der Waals surface area contributed by atoms with E-state index in [0.29, 0.717) is 35.2 Å². The Labute approximate surface area is 146 Å². The minimum atomic E-state index is -0.409. The SMILES string of the molecule is CN(C)c1noc(C2CCCN(c3ncc(Br)cc3[N+](=O)[O-])C2)n1. The van der Waals surface area contributed by atoms with Gasteiger partial charge in [0.2, 0.25) is 11.7 Å². The van der Waals surface area contributed by atoms with Crippen molar-refractivity contribution in [2.24, 2.45) is 0 Å². The summed E-state index contributed by atoms with van der Waals surface area (Å²) < 4.78 is 5.94. The normalized spacial score (nSPS) is 17.8. The third-order valence-corrected chi connectivity index (χ3v) is 4.35. The van der Waals surface area contributed by atoms with Crippen LogP contribution in [0.1, 0.15) is 24.7 Å². The van der Waals surface area contributed by atoms with Gasteiger partial charge in [-0.1, -0.05) is 0 Å². The van der Waals surface area contributed by atoms with Gasteiger partial charge in [0.25, 0.3) is 5.95 Å². The second-order valence-electron chi connectivity index (χ2n) is 5.87. The molecule has 2 aromatic heterocycles. The van der Waals surface area contributed by atoms with Crippen molar-refractivity contribution in [2.75, 3.05) is 37.0 Å². The van der Waals surface area contributed by atoms with E-state index in [4.69, 9.17) is 4.52 Å². The minimum absolute atomic E-state index is 0.00969. The van der Waals surface area contributed by atoms with E-state index >= 15 is 0 Å². The van der Waals surface area contributed by atoms with Crippen molar-refractivity contribution in [1.82, 2.24) is 15.1 Å². The quantitative estimate of drug-likeness (QED) is 0.573. The Morgan fingerprint density at radius 3 is 2.96 bits per heavy atom. The molecule has 0 aliphatic carbocycles. The Kier molecular flexibility index (Phi) is 4.65. The van der Waals surface area contributed by atoms with E-state index < -0.39 is 4.92 Å². The van der Waals surface area contributed by atoms with Gasteiger partial charge in [-0.2, -0.15) is 4.98 Å². The molecule has 0 bridgehead atoms. The second kappa shape index (κ2) is 6.71. The van der Waals surface area contributed by atoms with Crippen LogP contribution in [0.3, 0.4) is 0 Å². The standard InChI is InChI=1S/C14H17BrN6O3/c1-19(2)14-17-13(24-18-14)9-4-3-5-20(8-9)12-11(21(22)23)6-10(15)7-16-12/h6-7,9H,3-5,8H2,1-2H3. The number of hydrogen-bond donors (Lipinski definition) is 0. The summed E-state index contributed by atoms with van der Waals surface area (Å²) in [5.74, 6) is 1.49. The van der Waals surface area contributed by atoms with Crippen molar-refractivity contribution in [1.29, 1.82) is 0 Å². The molecule has 0 saturated carbocycles. The molecular weight excluding hydrogens is 380 g/mol. The van der Waals surface area contributed by atoms with Gasteiger partial charge in [0.05, 0.1) is 10.8 Å². The molecule has 1 aliphatic rings. The number of rotatable bonds is 4. The number of anilines is 2. The molecule has 1 atom stereocenters. The molecule has 0 N–H and O–H groups in total. The molecule has 3 heterocycles. The van der Waals surface area contributed by atoms with Crippen molar-refractivity contribution in [3.05, 3.63) is 32.7 Å². The van der Waals surface area contributed by atoms with Crippen LogP contribution in [0.15, 0.2) is 21.3 Å². The number of aromatic nitrogens is 3. The fourth-order valence-electron chi connectivity index (χ4n) is 2.74. The Morgan fingerprint density at radius 2 is 2.29 bits per heavy atom. The Balaban J connectivity index is 1.84. The monoisotopic (exact) mass is 396 g/mol. The molecule has 0 radical (unpaired) electrons. The third-order valence-electron chi connectivity index (χ3n) is 3.91. The van der Waals surface area contributed by atoms with Crippen molar-refractivity contribution < 1.29 is 9.45 Å². The van der Waals surface area contributed by atoms with E-state index in [9.17, 15) is 10.1 Å². The van der Waals surface area contributed by atoms with E-state index in [1.165, 1.54) is 6.07 Å². The first-order chi connectivity index (χ1) is 11.5. The van der Waals surface area contributed by atoms with Gasteiger partial charge in [-0.15, -0.1) is 0 Å². The molecule has 128 valence electrons. The Hall–Kier alpha value is -2.23. The molecular formula is C14H17BrN6O3. The van der Waals surface area contributed by atoms with Gasteiger partial charge < -0.3 is 14.3 Å². The van der Waals surface area contributed by atoms with Crippen LogP contribution in [0.25, 0.3) is 0 Å². The number of nitro groups is 1. The van der Waals surface area contributed by atoms with Crippen LogP contribution >= 0.6 is 15.9 Å². The zero-order chi connectivity index (χ0) is 17.3. The smallest absolute Gasteiger partial charge is 0.312 e. The van der Waals surface area contributed by atoms with E-state index in [-0.39, 0.29) is 11.6 Å². The topological polar surface area (TPSA) is 101 Å². The molecule has 1 aliphatic heterocycles. The van der Waals surface area contributed by atoms with Crippen LogP contribution < -0.4 is 9.80 Å². The highest BCUT2D eigenvalue weighted by molar-refractivity contribution is 9.10. The van der Waals surface area contributed by atoms with Crippen LogP contribution in [-0.2, 0) is 0 Å². The summed E-state index contributed by atoms with van der Waals surface area (Å²) in [7, 11) is 3.69. The molecule has 9 nitrogen and oxygen atoms in total. The van der Waals surface area contributed by atoms with Gasteiger partial charge >= 0.3 is 5.69 Å². The maximum absolute atomic E-state index is 11.3. The largest absolute Gasteiger partial charge is 0.350 e. The summed E-state index contributed by atoms with van der Waals surface area (Å²) in [4.78, 5) is 23.2. The minimum Gasteiger partial charge on any atom is -0.350 e. The highest BCUT2D eigenvalue weighted by Crippen LogP contribution is 2.34. The Morgan fingerprint density at radius 1 is 1.50 bits per heavy atom. The maximum Gasteiger partial charge on any atom is 0.312 e. The molecule has 1 saturated heterocycles. The molecule has 24 heavy (non-hydrogen) atoms. The zero-order valence-corrected chi connectivity index (χ0v) is 14.9. The van der Waals surface area contributed by atoms with Gasteiger partial charge in [0, 0.05) is 43.9 Å². The number of pyridine rings is 1. The van der Waals surface area contributed by atoms with Crippen LogP contribution in [0.2, 0.25) is 0 Å². The average Bonchev–Trinajstić information content (AvgIpc) is 3.05. The number of hydrogen-bond acceptors (Lipinski definition) is 8. The second-order valence-corrected chi connectivity index (χ2v) is 6.78. The summed E-state index contributed by atoms with van der Waals surface area (Å²) in [5, 5.41) is 15.3. The average molecular weight is 397 g/mol. The van der Waals surface area contributed by atoms with Crippen molar-refractivity contribution >= 4 is 33.4 Å². The third kappa shape index (κ3) is 3.32. The predicted molar refractivity (Wildman–Crippen MR) is 91.4 cm³/mol. The fourth-order valence-corrected chi connectivity index (χ4v) is 3.06. The van der Waals surface area contributed by atoms with Gasteiger partial charge in [-0.25, -0.2) is 4.98 Å². The highest BCUT2D eigenvalue weighted by atomic mass is 79.9. The lowest BCUT2D eigenvalue weighted by Crippen LogP contribution is -2.35. The number of halogens is 1. The number of piperidine rings is 1. The van der Waals surface area contributed by atoms with E-state index in [0.717, 1.165) is 12.8 Å². The molecule has 10 heteroatoms. The lowest BCUT2D eigenvalue weighted by Gasteiger charge is -2.31. The fraction of sp³-hybridized carbons (Fsp3) is 0.500. The van der Waals surface area contributed by atoms with E-state index in [2.05, 4.69) is 31.1 Å². The summed E-state index contributed by atoms with van der Waals surface area (Å²) in [6, 6.07) is 1.47. The molecule has 1 unspecified atom stereocenters. The summed E-state index contributed by atoms with van der Waals surface area (Å²) in [6.45, 7) is 1.27. The first-order valence-electron chi connectivity index (χ1n) is 7.51. The molecule has 0 aromatic carbocycles. The van der Waals surface area contributed by atoms with Crippen LogP contribution in [0.4, 0.5) is 17.5 Å². The number of nitrogens with zero attached hydrogens (tertiary/aromatic N) is 6. The Bertz CT molecular complexity index is 750. The zero-order valence-electron chi connectivity index (χ0n) is 13.3. The lowest BCUT2D eigenvalue weighted by molar-refractivity contribution is -0.384. The van der Waals surface area contributed by atoms with E-state index in [1.54, 1.807) is 11.1 Å². The summed E-state index contributed by atoms with van der Waals surface area (Å²) in [5.41, 5.74) is -0.00969. The molecule has 2 aromatic rings. The van der Waals surface area contributed by atoms with Crippen LogP contribution in [-0.4, -0.2) is 47.2 Å². The highest BCUT2D eigenvalue weighted by Gasteiger charge is 2.30. The van der Waals surface area contributed by atoms with Crippen LogP contribution in [0, 0.1) is 10.1 Å². The van der Waals surface area contributed by atoms with E-state index in [1.807, 2.05) is 19.0 Å². The first-order valence-corrected chi connectivity index (χ1v) is 8.31. The molecule has 0 amide bonds. The maximum atomic E-state index is 11.3. The summed E-state index contributed by atoms with van der Waals surface area (Å²) in [6.07, 6.45) is 3.35. The van der Waals surface area contributed by atoms with Crippen molar-refractivity contribution in [2.45, 2.75) is 18.8 Å². The van der Waals surface area contributed by atoms with Crippen molar-refractivity contribution in [3.8, 4) is 0 Å². The first kappa shape index (κ1) is 16.6.